The largest absolute Gasteiger partial charge is 0.389 e. The number of nitrogens with two attached hydrogens (primary N) is 1. The minimum absolute atomic E-state index is 0.0628. The van der Waals surface area contributed by atoms with E-state index >= 15 is 0 Å². The summed E-state index contributed by atoms with van der Waals surface area (Å²) in [6.07, 6.45) is -3.69. The van der Waals surface area contributed by atoms with Crippen LogP contribution in [0.2, 0.25) is 0 Å². The van der Waals surface area contributed by atoms with E-state index in [0.29, 0.717) is 12.4 Å². The quantitative estimate of drug-likeness (QED) is 0.843. The zero-order valence-electron chi connectivity index (χ0n) is 9.63. The summed E-state index contributed by atoms with van der Waals surface area (Å²) in [5, 5.41) is 3.53. The Morgan fingerprint density at radius 2 is 2.12 bits per heavy atom. The van der Waals surface area contributed by atoms with Crippen LogP contribution in [0.25, 0.3) is 0 Å². The van der Waals surface area contributed by atoms with Crippen LogP contribution >= 0.6 is 0 Å². The number of aryl methyl sites for hydroxylation is 1. The molecule has 0 saturated carbocycles. The molecule has 1 atom stereocenters. The molecule has 0 aliphatic heterocycles. The van der Waals surface area contributed by atoms with E-state index in [4.69, 9.17) is 10.3 Å². The van der Waals surface area contributed by atoms with Gasteiger partial charge in [0.25, 0.3) is 0 Å². The van der Waals surface area contributed by atoms with Gasteiger partial charge >= 0.3 is 6.18 Å². The molecule has 4 nitrogen and oxygen atoms in total. The smallest absolute Gasteiger partial charge is 0.339 e. The highest BCUT2D eigenvalue weighted by Crippen LogP contribution is 2.22. The topological polar surface area (TPSA) is 64.9 Å². The maximum atomic E-state index is 12.0. The molecule has 0 aromatic carbocycles. The summed E-state index contributed by atoms with van der Waals surface area (Å²) in [5.41, 5.74) is 5.54. The highest BCUT2D eigenvalue weighted by molar-refractivity contribution is 4.95. The van der Waals surface area contributed by atoms with Crippen molar-refractivity contribution in [2.24, 2.45) is 5.73 Å². The van der Waals surface area contributed by atoms with Crippen LogP contribution in [0, 0.1) is 0 Å². The molecule has 1 rings (SSSR count). The number of halogens is 3. The third kappa shape index (κ3) is 4.72. The summed E-state index contributed by atoms with van der Waals surface area (Å²) < 4.78 is 40.9. The fourth-order valence-corrected chi connectivity index (χ4v) is 1.48. The molecule has 2 N–H and O–H groups in total. The van der Waals surface area contributed by atoms with E-state index in [-0.39, 0.29) is 18.2 Å². The van der Waals surface area contributed by atoms with Gasteiger partial charge in [0, 0.05) is 13.0 Å². The molecule has 1 aromatic heterocycles. The van der Waals surface area contributed by atoms with E-state index in [1.54, 1.807) is 0 Å². The Kier molecular flexibility index (Phi) is 4.92. The van der Waals surface area contributed by atoms with Crippen molar-refractivity contribution >= 4 is 0 Å². The van der Waals surface area contributed by atoms with Gasteiger partial charge in [0.15, 0.2) is 5.82 Å². The second-order valence-electron chi connectivity index (χ2n) is 3.89. The van der Waals surface area contributed by atoms with Crippen molar-refractivity contribution in [3.63, 3.8) is 0 Å². The number of hydrogen-bond donors (Lipinski definition) is 1. The maximum absolute atomic E-state index is 12.0. The van der Waals surface area contributed by atoms with Crippen LogP contribution in [0.4, 0.5) is 13.2 Å². The van der Waals surface area contributed by atoms with Crippen LogP contribution in [-0.2, 0) is 6.42 Å². The Balaban J connectivity index is 2.58. The Labute approximate surface area is 97.4 Å². The first kappa shape index (κ1) is 14.0. The lowest BCUT2D eigenvalue weighted by atomic mass is 10.0. The highest BCUT2D eigenvalue weighted by atomic mass is 19.4. The van der Waals surface area contributed by atoms with Gasteiger partial charge in [-0.25, -0.2) is 0 Å². The second-order valence-corrected chi connectivity index (χ2v) is 3.89. The van der Waals surface area contributed by atoms with E-state index in [9.17, 15) is 13.2 Å². The zero-order chi connectivity index (χ0) is 12.9. The second kappa shape index (κ2) is 6.00. The predicted molar refractivity (Wildman–Crippen MR) is 55.4 cm³/mol. The summed E-state index contributed by atoms with van der Waals surface area (Å²) in [4.78, 5) is 3.95. The molecule has 0 bridgehead atoms. The molecule has 0 saturated heterocycles. The lowest BCUT2D eigenvalue weighted by molar-refractivity contribution is -0.134. The van der Waals surface area contributed by atoms with Gasteiger partial charge in [-0.15, -0.1) is 0 Å². The highest BCUT2D eigenvalue weighted by Gasteiger charge is 2.28. The van der Waals surface area contributed by atoms with Gasteiger partial charge in [0.2, 0.25) is 5.89 Å². The Morgan fingerprint density at radius 3 is 2.65 bits per heavy atom. The van der Waals surface area contributed by atoms with Crippen LogP contribution in [0.5, 0.6) is 0 Å². The molecule has 98 valence electrons. The summed E-state index contributed by atoms with van der Waals surface area (Å²) >= 11 is 0. The van der Waals surface area contributed by atoms with Crippen LogP contribution in [0.15, 0.2) is 4.52 Å². The molecule has 1 aromatic rings. The predicted octanol–water partition coefficient (Wildman–Crippen LogP) is 2.41. The average molecular weight is 251 g/mol. The van der Waals surface area contributed by atoms with E-state index in [0.717, 1.165) is 12.8 Å². The van der Waals surface area contributed by atoms with Crippen molar-refractivity contribution in [1.29, 1.82) is 0 Å². The molecule has 1 heterocycles. The third-order valence-corrected chi connectivity index (χ3v) is 2.39. The van der Waals surface area contributed by atoms with Gasteiger partial charge < -0.3 is 10.3 Å². The molecular weight excluding hydrogens is 235 g/mol. The number of nitrogens with zero attached hydrogens (tertiary/aromatic N) is 2. The van der Waals surface area contributed by atoms with Crippen LogP contribution in [0.1, 0.15) is 43.8 Å². The molecule has 0 aliphatic carbocycles. The van der Waals surface area contributed by atoms with E-state index in [2.05, 4.69) is 10.1 Å². The van der Waals surface area contributed by atoms with Crippen molar-refractivity contribution in [2.45, 2.75) is 44.7 Å². The number of hydrogen-bond acceptors (Lipinski definition) is 4. The lowest BCUT2D eigenvalue weighted by Gasteiger charge is -2.06. The summed E-state index contributed by atoms with van der Waals surface area (Å²) in [6.45, 7) is 2.35. The van der Waals surface area contributed by atoms with Crippen LogP contribution < -0.4 is 5.73 Å². The molecule has 17 heavy (non-hydrogen) atoms. The number of alkyl halides is 3. The zero-order valence-corrected chi connectivity index (χ0v) is 9.63. The SMILES string of the molecule is CCCC(CN)c1nc(CCC(F)(F)F)no1. The van der Waals surface area contributed by atoms with Gasteiger partial charge in [0.05, 0.1) is 12.3 Å². The van der Waals surface area contributed by atoms with Gasteiger partial charge in [-0.05, 0) is 6.42 Å². The van der Waals surface area contributed by atoms with Crippen molar-refractivity contribution in [1.82, 2.24) is 10.1 Å². The van der Waals surface area contributed by atoms with Crippen molar-refractivity contribution in [3.05, 3.63) is 11.7 Å². The van der Waals surface area contributed by atoms with Gasteiger partial charge in [0.1, 0.15) is 0 Å². The first-order chi connectivity index (χ1) is 7.96. The van der Waals surface area contributed by atoms with Crippen LogP contribution in [0.3, 0.4) is 0 Å². The maximum Gasteiger partial charge on any atom is 0.389 e. The van der Waals surface area contributed by atoms with Crippen LogP contribution in [-0.4, -0.2) is 22.9 Å². The lowest BCUT2D eigenvalue weighted by Crippen LogP contribution is -2.13. The molecule has 0 radical (unpaired) electrons. The van der Waals surface area contributed by atoms with Crippen molar-refractivity contribution < 1.29 is 17.7 Å². The Bertz CT molecular complexity index is 338. The molecule has 1 unspecified atom stereocenters. The molecule has 0 spiro atoms. The molecule has 0 aliphatic rings. The first-order valence-corrected chi connectivity index (χ1v) is 5.55. The molecule has 0 amide bonds. The van der Waals surface area contributed by atoms with Crippen molar-refractivity contribution in [2.75, 3.05) is 6.54 Å². The number of rotatable bonds is 6. The summed E-state index contributed by atoms with van der Waals surface area (Å²) in [7, 11) is 0. The molecule has 0 fully saturated rings. The molecular formula is C10H16F3N3O. The van der Waals surface area contributed by atoms with Gasteiger partial charge in [-0.2, -0.15) is 18.2 Å². The minimum Gasteiger partial charge on any atom is -0.339 e. The molecule has 7 heteroatoms. The van der Waals surface area contributed by atoms with Crippen molar-refractivity contribution in [3.8, 4) is 0 Å². The van der Waals surface area contributed by atoms with Gasteiger partial charge in [-0.3, -0.25) is 0 Å². The van der Waals surface area contributed by atoms with E-state index in [1.165, 1.54) is 0 Å². The monoisotopic (exact) mass is 251 g/mol. The normalized spacial score (nSPS) is 13.9. The summed E-state index contributed by atoms with van der Waals surface area (Å²) in [5.74, 6) is 0.366. The first-order valence-electron chi connectivity index (χ1n) is 5.55. The average Bonchev–Trinajstić information content (AvgIpc) is 2.70. The van der Waals surface area contributed by atoms with E-state index in [1.807, 2.05) is 6.92 Å². The standard InChI is InChI=1S/C10H16F3N3O/c1-2-3-7(6-14)9-15-8(16-17-9)4-5-10(11,12)13/h7H,2-6,14H2,1H3. The minimum atomic E-state index is -4.20. The fourth-order valence-electron chi connectivity index (χ4n) is 1.48. The number of aromatic nitrogens is 2. The Hall–Kier alpha value is -1.11. The fraction of sp³-hybridized carbons (Fsp3) is 0.800. The Morgan fingerprint density at radius 1 is 1.41 bits per heavy atom. The third-order valence-electron chi connectivity index (χ3n) is 2.39. The summed E-state index contributed by atoms with van der Waals surface area (Å²) in [6, 6.07) is 0. The van der Waals surface area contributed by atoms with E-state index < -0.39 is 12.6 Å². The van der Waals surface area contributed by atoms with Gasteiger partial charge in [-0.1, -0.05) is 18.5 Å².